The number of hydrogen-bond donors (Lipinski definition) is 2. The molecule has 1 fully saturated rings. The first-order valence-electron chi connectivity index (χ1n) is 5.87. The molecule has 1 rings (SSSR count). The minimum atomic E-state index is -0.985. The number of aliphatic carboxylic acids is 1. The van der Waals surface area contributed by atoms with Crippen LogP contribution >= 0.6 is 0 Å². The number of rotatable bonds is 7. The second-order valence-electron chi connectivity index (χ2n) is 4.18. The van der Waals surface area contributed by atoms with Crippen LogP contribution in [0.15, 0.2) is 12.7 Å². The Bertz CT molecular complexity index is 284. The third kappa shape index (κ3) is 4.56. The molecule has 0 spiro atoms. The van der Waals surface area contributed by atoms with E-state index >= 15 is 0 Å². The molecule has 0 bridgehead atoms. The van der Waals surface area contributed by atoms with Gasteiger partial charge in [-0.25, -0.2) is 4.79 Å². The van der Waals surface area contributed by atoms with Crippen molar-refractivity contribution >= 4 is 11.9 Å². The molecule has 5 heteroatoms. The fourth-order valence-corrected chi connectivity index (χ4v) is 1.75. The van der Waals surface area contributed by atoms with Gasteiger partial charge in [-0.15, -0.1) is 6.58 Å². The average molecular weight is 241 g/mol. The van der Waals surface area contributed by atoms with Gasteiger partial charge in [-0.1, -0.05) is 6.08 Å². The number of carboxylic acid groups (broad SMARTS) is 1. The summed E-state index contributed by atoms with van der Waals surface area (Å²) in [6.45, 7) is 4.54. The monoisotopic (exact) mass is 241 g/mol. The van der Waals surface area contributed by atoms with Gasteiger partial charge in [0.25, 0.3) is 0 Å². The zero-order valence-corrected chi connectivity index (χ0v) is 9.85. The van der Waals surface area contributed by atoms with Gasteiger partial charge in [0.15, 0.2) is 0 Å². The number of allylic oxidation sites excluding steroid dienone is 1. The quantitative estimate of drug-likeness (QED) is 0.514. The largest absolute Gasteiger partial charge is 0.480 e. The van der Waals surface area contributed by atoms with Crippen LogP contribution in [0.4, 0.5) is 0 Å². The van der Waals surface area contributed by atoms with E-state index in [2.05, 4.69) is 11.9 Å². The molecule has 96 valence electrons. The van der Waals surface area contributed by atoms with Crippen molar-refractivity contribution < 1.29 is 19.4 Å². The Kier molecular flexibility index (Phi) is 5.69. The van der Waals surface area contributed by atoms with Crippen LogP contribution in [0.1, 0.15) is 25.7 Å². The summed E-state index contributed by atoms with van der Waals surface area (Å²) in [6.07, 6.45) is 4.31. The van der Waals surface area contributed by atoms with E-state index in [9.17, 15) is 9.59 Å². The Balaban J connectivity index is 2.39. The normalized spacial score (nSPS) is 20.8. The Morgan fingerprint density at radius 3 is 2.88 bits per heavy atom. The van der Waals surface area contributed by atoms with E-state index in [1.807, 2.05) is 0 Å². The predicted molar refractivity (Wildman–Crippen MR) is 62.5 cm³/mol. The van der Waals surface area contributed by atoms with Crippen LogP contribution in [0.2, 0.25) is 0 Å². The Labute approximate surface area is 101 Å². The predicted octanol–water partition coefficient (Wildman–Crippen LogP) is 0.949. The van der Waals surface area contributed by atoms with E-state index in [4.69, 9.17) is 9.84 Å². The van der Waals surface area contributed by atoms with Crippen LogP contribution in [-0.4, -0.2) is 36.2 Å². The van der Waals surface area contributed by atoms with Crippen molar-refractivity contribution in [3.05, 3.63) is 12.7 Å². The highest BCUT2D eigenvalue weighted by Gasteiger charge is 2.27. The number of amides is 1. The lowest BCUT2D eigenvalue weighted by atomic mass is 10.1. The van der Waals surface area contributed by atoms with Gasteiger partial charge in [0, 0.05) is 6.61 Å². The minimum Gasteiger partial charge on any atom is -0.480 e. The molecule has 17 heavy (non-hydrogen) atoms. The third-order valence-corrected chi connectivity index (χ3v) is 2.82. The van der Waals surface area contributed by atoms with Crippen molar-refractivity contribution in [1.29, 1.82) is 0 Å². The summed E-state index contributed by atoms with van der Waals surface area (Å²) >= 11 is 0. The fourth-order valence-electron chi connectivity index (χ4n) is 1.75. The van der Waals surface area contributed by atoms with Crippen molar-refractivity contribution in [3.8, 4) is 0 Å². The number of unbranched alkanes of at least 4 members (excludes halogenated alkanes) is 1. The van der Waals surface area contributed by atoms with E-state index in [-0.39, 0.29) is 11.8 Å². The minimum absolute atomic E-state index is 0.198. The lowest BCUT2D eigenvalue weighted by Crippen LogP contribution is -2.43. The molecule has 0 unspecified atom stereocenters. The molecule has 0 aliphatic carbocycles. The number of nitrogens with one attached hydrogen (secondary N) is 1. The van der Waals surface area contributed by atoms with Crippen molar-refractivity contribution in [2.45, 2.75) is 31.7 Å². The second kappa shape index (κ2) is 7.06. The molecule has 0 radical (unpaired) electrons. The van der Waals surface area contributed by atoms with Crippen molar-refractivity contribution in [1.82, 2.24) is 5.32 Å². The first kappa shape index (κ1) is 13.7. The molecular formula is C12H19NO4. The van der Waals surface area contributed by atoms with Crippen LogP contribution in [0.3, 0.4) is 0 Å². The van der Waals surface area contributed by atoms with Crippen molar-refractivity contribution in [3.63, 3.8) is 0 Å². The standard InChI is InChI=1S/C12H19NO4/c1-2-3-4-5-10(12(15)16)13-11(14)9-6-7-17-8-9/h2,9-10H,1,3-8H2,(H,13,14)(H,15,16)/t9-,10-/m1/s1. The van der Waals surface area contributed by atoms with Crippen molar-refractivity contribution in [2.24, 2.45) is 5.92 Å². The lowest BCUT2D eigenvalue weighted by Gasteiger charge is -2.16. The van der Waals surface area contributed by atoms with E-state index in [0.29, 0.717) is 32.5 Å². The van der Waals surface area contributed by atoms with Gasteiger partial charge in [0.2, 0.25) is 5.91 Å². The van der Waals surface area contributed by atoms with Crippen LogP contribution < -0.4 is 5.32 Å². The summed E-state index contributed by atoms with van der Waals surface area (Å²) < 4.78 is 5.10. The van der Waals surface area contributed by atoms with Crippen LogP contribution in [0, 0.1) is 5.92 Å². The lowest BCUT2D eigenvalue weighted by molar-refractivity contribution is -0.142. The molecule has 1 heterocycles. The molecule has 1 saturated heterocycles. The maximum absolute atomic E-state index is 11.7. The topological polar surface area (TPSA) is 75.6 Å². The van der Waals surface area contributed by atoms with E-state index in [0.717, 1.165) is 6.42 Å². The van der Waals surface area contributed by atoms with Crippen LogP contribution in [0.25, 0.3) is 0 Å². The van der Waals surface area contributed by atoms with Gasteiger partial charge in [0.05, 0.1) is 12.5 Å². The third-order valence-electron chi connectivity index (χ3n) is 2.82. The molecule has 1 aliphatic rings. The Morgan fingerprint density at radius 1 is 1.59 bits per heavy atom. The molecular weight excluding hydrogens is 222 g/mol. The summed E-state index contributed by atoms with van der Waals surface area (Å²) in [5, 5.41) is 11.6. The summed E-state index contributed by atoms with van der Waals surface area (Å²) in [6, 6.07) is -0.803. The number of ether oxygens (including phenoxy) is 1. The first-order valence-corrected chi connectivity index (χ1v) is 5.87. The van der Waals surface area contributed by atoms with Gasteiger partial charge in [0.1, 0.15) is 6.04 Å². The zero-order chi connectivity index (χ0) is 12.7. The maximum Gasteiger partial charge on any atom is 0.326 e. The molecule has 1 aliphatic heterocycles. The van der Waals surface area contributed by atoms with Crippen molar-refractivity contribution in [2.75, 3.05) is 13.2 Å². The smallest absolute Gasteiger partial charge is 0.326 e. The van der Waals surface area contributed by atoms with Gasteiger partial charge in [-0.05, 0) is 25.7 Å². The molecule has 0 saturated carbocycles. The maximum atomic E-state index is 11.7. The average Bonchev–Trinajstić information content (AvgIpc) is 2.81. The molecule has 5 nitrogen and oxygen atoms in total. The molecule has 0 aromatic heterocycles. The van der Waals surface area contributed by atoms with E-state index < -0.39 is 12.0 Å². The van der Waals surface area contributed by atoms with E-state index in [1.165, 1.54) is 0 Å². The number of carbonyl (C=O) groups excluding carboxylic acids is 1. The molecule has 2 atom stereocenters. The highest BCUT2D eigenvalue weighted by Crippen LogP contribution is 2.13. The van der Waals surface area contributed by atoms with Gasteiger partial charge in [-0.2, -0.15) is 0 Å². The molecule has 2 N–H and O–H groups in total. The van der Waals surface area contributed by atoms with Gasteiger partial charge in [-0.3, -0.25) is 4.79 Å². The molecule has 0 aromatic carbocycles. The number of carbonyl (C=O) groups is 2. The Morgan fingerprint density at radius 2 is 2.35 bits per heavy atom. The highest BCUT2D eigenvalue weighted by atomic mass is 16.5. The molecule has 0 aromatic rings. The second-order valence-corrected chi connectivity index (χ2v) is 4.18. The van der Waals surface area contributed by atoms with E-state index in [1.54, 1.807) is 6.08 Å². The Hall–Kier alpha value is -1.36. The zero-order valence-electron chi connectivity index (χ0n) is 9.85. The van der Waals surface area contributed by atoms with Crippen LogP contribution in [0.5, 0.6) is 0 Å². The summed E-state index contributed by atoms with van der Waals surface area (Å²) in [7, 11) is 0. The fraction of sp³-hybridized carbons (Fsp3) is 0.667. The number of carboxylic acids is 1. The van der Waals surface area contributed by atoms with Crippen LogP contribution in [-0.2, 0) is 14.3 Å². The summed E-state index contributed by atoms with van der Waals surface area (Å²) in [4.78, 5) is 22.7. The van der Waals surface area contributed by atoms with Gasteiger partial charge < -0.3 is 15.2 Å². The summed E-state index contributed by atoms with van der Waals surface area (Å²) in [5.41, 5.74) is 0. The highest BCUT2D eigenvalue weighted by molar-refractivity contribution is 5.85. The number of hydrogen-bond acceptors (Lipinski definition) is 3. The SMILES string of the molecule is C=CCCC[C@@H](NC(=O)[C@@H]1CCOC1)C(=O)O. The molecule has 1 amide bonds. The summed E-state index contributed by atoms with van der Waals surface area (Å²) in [5.74, 6) is -1.40. The van der Waals surface area contributed by atoms with Gasteiger partial charge >= 0.3 is 5.97 Å². The first-order chi connectivity index (χ1) is 8.15.